The highest BCUT2D eigenvalue weighted by atomic mass is 16.5. The van der Waals surface area contributed by atoms with Gasteiger partial charge in [-0.2, -0.15) is 0 Å². The van der Waals surface area contributed by atoms with Crippen LogP contribution < -0.4 is 4.74 Å². The van der Waals surface area contributed by atoms with Gasteiger partial charge in [0.25, 0.3) is 0 Å². The van der Waals surface area contributed by atoms with E-state index in [4.69, 9.17) is 14.7 Å². The third-order valence-electron chi connectivity index (χ3n) is 4.81. The van der Waals surface area contributed by atoms with Crippen molar-refractivity contribution in [2.45, 2.75) is 67.3 Å². The Morgan fingerprint density at radius 1 is 1.03 bits per heavy atom. The number of aryl methyl sites for hydroxylation is 3. The van der Waals surface area contributed by atoms with Gasteiger partial charge in [-0.15, -0.1) is 0 Å². The molecule has 1 atom stereocenters. The molecule has 0 fully saturated rings. The van der Waals surface area contributed by atoms with Crippen molar-refractivity contribution in [1.29, 1.82) is 0 Å². The maximum absolute atomic E-state index is 9.56. The molecular formula is C23H34N4O2. The highest BCUT2D eigenvalue weighted by molar-refractivity contribution is 5.80. The van der Waals surface area contributed by atoms with Crippen LogP contribution in [0.5, 0.6) is 5.88 Å². The number of fused-ring (bicyclic) bond motifs is 1. The number of aromatic nitrogens is 4. The molecule has 0 aromatic carbocycles. The van der Waals surface area contributed by atoms with Crippen LogP contribution in [0.4, 0.5) is 0 Å². The van der Waals surface area contributed by atoms with Crippen LogP contribution in [-0.2, 0) is 12.8 Å². The predicted molar refractivity (Wildman–Crippen MR) is 119 cm³/mol. The minimum atomic E-state index is -0.0376. The van der Waals surface area contributed by atoms with Crippen LogP contribution in [0.3, 0.4) is 0 Å². The van der Waals surface area contributed by atoms with Gasteiger partial charge in [0.15, 0.2) is 5.65 Å². The lowest BCUT2D eigenvalue weighted by Crippen LogP contribution is -2.10. The molecule has 1 unspecified atom stereocenters. The Bertz CT molecular complexity index is 950. The lowest BCUT2D eigenvalue weighted by Gasteiger charge is -2.14. The van der Waals surface area contributed by atoms with E-state index in [0.717, 1.165) is 52.2 Å². The molecule has 3 aromatic rings. The molecule has 3 rings (SSSR count). The molecule has 1 N–H and O–H groups in total. The van der Waals surface area contributed by atoms with E-state index in [9.17, 15) is 5.11 Å². The number of pyridine rings is 1. The quantitative estimate of drug-likeness (QED) is 0.612. The molecule has 0 amide bonds. The van der Waals surface area contributed by atoms with E-state index in [1.807, 2.05) is 57.5 Å². The lowest BCUT2D eigenvalue weighted by molar-refractivity contribution is 0.241. The molecule has 0 saturated carbocycles. The Labute approximate surface area is 174 Å². The van der Waals surface area contributed by atoms with Gasteiger partial charge >= 0.3 is 0 Å². The summed E-state index contributed by atoms with van der Waals surface area (Å²) in [5, 5.41) is 9.56. The van der Waals surface area contributed by atoms with Crippen molar-refractivity contribution in [2.75, 3.05) is 13.2 Å². The molecule has 6 nitrogen and oxygen atoms in total. The highest BCUT2D eigenvalue weighted by Crippen LogP contribution is 2.30. The van der Waals surface area contributed by atoms with Crippen molar-refractivity contribution >= 4 is 11.2 Å². The molecule has 3 aromatic heterocycles. The molecule has 0 aliphatic heterocycles. The van der Waals surface area contributed by atoms with E-state index >= 15 is 0 Å². The van der Waals surface area contributed by atoms with Crippen molar-refractivity contribution in [3.63, 3.8) is 0 Å². The minimum Gasteiger partial charge on any atom is -0.478 e. The van der Waals surface area contributed by atoms with E-state index in [0.29, 0.717) is 12.5 Å². The van der Waals surface area contributed by atoms with Gasteiger partial charge in [-0.1, -0.05) is 27.7 Å². The van der Waals surface area contributed by atoms with Crippen molar-refractivity contribution in [1.82, 2.24) is 19.5 Å². The topological polar surface area (TPSA) is 73.1 Å². The predicted octanol–water partition coefficient (Wildman–Crippen LogP) is 4.90. The van der Waals surface area contributed by atoms with Gasteiger partial charge in [-0.25, -0.2) is 15.0 Å². The normalized spacial score (nSPS) is 11.9. The molecule has 158 valence electrons. The Morgan fingerprint density at radius 2 is 1.72 bits per heavy atom. The Morgan fingerprint density at radius 3 is 2.31 bits per heavy atom. The van der Waals surface area contributed by atoms with Crippen molar-refractivity contribution in [3.05, 3.63) is 35.3 Å². The van der Waals surface area contributed by atoms with Crippen molar-refractivity contribution < 1.29 is 9.84 Å². The first-order valence-corrected chi connectivity index (χ1v) is 10.7. The van der Waals surface area contributed by atoms with Crippen molar-refractivity contribution in [3.8, 4) is 17.1 Å². The molecular weight excluding hydrogens is 364 g/mol. The maximum Gasteiger partial charge on any atom is 0.213 e. The first-order chi connectivity index (χ1) is 14.0. The van der Waals surface area contributed by atoms with E-state index in [2.05, 4.69) is 18.8 Å². The zero-order valence-corrected chi connectivity index (χ0v) is 18.8. The third kappa shape index (κ3) is 4.58. The average molecular weight is 399 g/mol. The molecule has 3 heterocycles. The summed E-state index contributed by atoms with van der Waals surface area (Å²) >= 11 is 0. The summed E-state index contributed by atoms with van der Waals surface area (Å²) in [6.45, 7) is 14.8. The summed E-state index contributed by atoms with van der Waals surface area (Å²) in [5.74, 6) is 0.643. The van der Waals surface area contributed by atoms with E-state index in [1.165, 1.54) is 0 Å². The van der Waals surface area contributed by atoms with E-state index in [1.54, 1.807) is 0 Å². The van der Waals surface area contributed by atoms with Crippen LogP contribution in [-0.4, -0.2) is 37.8 Å². The standard InChI is InChI=1S/C21H28N4O2.C2H6/c1-6-16-15(9-10-18(22-16)27-8-3)20-17(7-2)23-21-19(24-20)13(4)11-25(21)14(5)12-26;1-2/h9-11,14,26H,6-8,12H2,1-5H3;1-2H3. The molecule has 6 heteroatoms. The van der Waals surface area contributed by atoms with Crippen molar-refractivity contribution in [2.24, 2.45) is 0 Å². The average Bonchev–Trinajstić information content (AvgIpc) is 3.09. The van der Waals surface area contributed by atoms with Crippen LogP contribution in [0.15, 0.2) is 18.3 Å². The smallest absolute Gasteiger partial charge is 0.213 e. The Hall–Kier alpha value is -2.47. The summed E-state index contributed by atoms with van der Waals surface area (Å²) in [5.41, 5.74) is 6.55. The van der Waals surface area contributed by atoms with Gasteiger partial charge in [0.05, 0.1) is 36.3 Å². The number of rotatable bonds is 7. The maximum atomic E-state index is 9.56. The highest BCUT2D eigenvalue weighted by Gasteiger charge is 2.19. The number of nitrogens with zero attached hydrogens (tertiary/aromatic N) is 4. The number of aliphatic hydroxyl groups excluding tert-OH is 1. The number of hydrogen-bond acceptors (Lipinski definition) is 5. The second kappa shape index (κ2) is 10.3. The Kier molecular flexibility index (Phi) is 8.14. The van der Waals surface area contributed by atoms with Crippen LogP contribution in [0.1, 0.15) is 64.5 Å². The van der Waals surface area contributed by atoms with Gasteiger partial charge in [0.2, 0.25) is 5.88 Å². The van der Waals surface area contributed by atoms with E-state index in [-0.39, 0.29) is 12.6 Å². The molecule has 29 heavy (non-hydrogen) atoms. The number of aliphatic hydroxyl groups is 1. The van der Waals surface area contributed by atoms with Gasteiger partial charge < -0.3 is 14.4 Å². The lowest BCUT2D eigenvalue weighted by atomic mass is 10.0. The first kappa shape index (κ1) is 22.8. The van der Waals surface area contributed by atoms with Crippen LogP contribution in [0, 0.1) is 6.92 Å². The second-order valence-electron chi connectivity index (χ2n) is 6.73. The van der Waals surface area contributed by atoms with Crippen LogP contribution in [0.2, 0.25) is 0 Å². The molecule has 0 radical (unpaired) electrons. The summed E-state index contributed by atoms with van der Waals surface area (Å²) in [6.07, 6.45) is 3.58. The fraction of sp³-hybridized carbons (Fsp3) is 0.522. The summed E-state index contributed by atoms with van der Waals surface area (Å²) in [4.78, 5) is 14.6. The van der Waals surface area contributed by atoms with Gasteiger partial charge in [-0.3, -0.25) is 0 Å². The fourth-order valence-corrected chi connectivity index (χ4v) is 3.32. The largest absolute Gasteiger partial charge is 0.478 e. The zero-order valence-electron chi connectivity index (χ0n) is 18.8. The molecule has 0 saturated heterocycles. The zero-order chi connectivity index (χ0) is 21.6. The van der Waals surface area contributed by atoms with E-state index < -0.39 is 0 Å². The third-order valence-corrected chi connectivity index (χ3v) is 4.81. The number of hydrogen-bond donors (Lipinski definition) is 1. The minimum absolute atomic E-state index is 0.0376. The number of ether oxygens (including phenoxy) is 1. The second-order valence-corrected chi connectivity index (χ2v) is 6.73. The van der Waals surface area contributed by atoms with Gasteiger partial charge in [-0.05, 0) is 45.2 Å². The van der Waals surface area contributed by atoms with Crippen LogP contribution in [0.25, 0.3) is 22.4 Å². The van der Waals surface area contributed by atoms with Gasteiger partial charge in [0.1, 0.15) is 5.52 Å². The monoisotopic (exact) mass is 398 g/mol. The molecule has 0 aliphatic carbocycles. The summed E-state index contributed by atoms with van der Waals surface area (Å²) in [7, 11) is 0. The molecule has 0 spiro atoms. The summed E-state index contributed by atoms with van der Waals surface area (Å²) in [6, 6.07) is 3.90. The van der Waals surface area contributed by atoms with Crippen LogP contribution >= 0.6 is 0 Å². The molecule has 0 aliphatic rings. The Balaban J connectivity index is 0.00000145. The fourth-order valence-electron chi connectivity index (χ4n) is 3.32. The van der Waals surface area contributed by atoms with Gasteiger partial charge in [0, 0.05) is 17.8 Å². The molecule has 0 bridgehead atoms. The first-order valence-electron chi connectivity index (χ1n) is 10.7. The summed E-state index contributed by atoms with van der Waals surface area (Å²) < 4.78 is 7.56. The SMILES string of the molecule is CC.CCOc1ccc(-c2nc3c(C)cn(C(C)CO)c3nc2CC)c(CC)n1.